The Balaban J connectivity index is 1.45. The lowest BCUT2D eigenvalue weighted by molar-refractivity contribution is -0.127. The van der Waals surface area contributed by atoms with E-state index in [9.17, 15) is 9.59 Å². The molecule has 2 aromatic carbocycles. The number of rotatable bonds is 9. The molecule has 0 unspecified atom stereocenters. The maximum atomic E-state index is 14.1. The topological polar surface area (TPSA) is 115 Å². The lowest BCUT2D eigenvalue weighted by atomic mass is 9.93. The predicted molar refractivity (Wildman–Crippen MR) is 170 cm³/mol. The summed E-state index contributed by atoms with van der Waals surface area (Å²) in [4.78, 5) is 42.9. The molecule has 0 saturated heterocycles. The average Bonchev–Trinajstić information content (AvgIpc) is 3.73. The molecule has 0 fully saturated rings. The van der Waals surface area contributed by atoms with Gasteiger partial charge in [0.2, 0.25) is 0 Å². The zero-order valence-electron chi connectivity index (χ0n) is 24.9. The van der Waals surface area contributed by atoms with Gasteiger partial charge in [0.1, 0.15) is 23.3 Å². The highest BCUT2D eigenvalue weighted by molar-refractivity contribution is 7.99. The number of imidazole rings is 1. The molecule has 0 saturated carbocycles. The van der Waals surface area contributed by atoms with Crippen molar-refractivity contribution in [3.05, 3.63) is 96.9 Å². The molecule has 4 heterocycles. The number of amides is 1. The molecule has 10 nitrogen and oxygen atoms in total. The minimum Gasteiger partial charge on any atom is -0.497 e. The fourth-order valence-corrected chi connectivity index (χ4v) is 7.09. The van der Waals surface area contributed by atoms with E-state index in [-0.39, 0.29) is 11.5 Å². The molecule has 1 atom stereocenters. The van der Waals surface area contributed by atoms with Crippen LogP contribution in [-0.4, -0.2) is 52.7 Å². The molecule has 1 N–H and O–H groups in total. The average molecular weight is 630 g/mol. The normalized spacial score (nSPS) is 14.9. The molecule has 3 aromatic heterocycles. The number of benzene rings is 2. The molecule has 44 heavy (non-hydrogen) atoms. The third kappa shape index (κ3) is 5.35. The molecule has 0 aliphatic carbocycles. The summed E-state index contributed by atoms with van der Waals surface area (Å²) in [6.45, 7) is 6.70. The van der Waals surface area contributed by atoms with Gasteiger partial charge >= 0.3 is 0 Å². The van der Waals surface area contributed by atoms with Crippen LogP contribution in [0.2, 0.25) is 0 Å². The Labute approximate surface area is 261 Å². The number of aromatic nitrogens is 3. The van der Waals surface area contributed by atoms with Crippen molar-refractivity contribution in [3.63, 3.8) is 0 Å². The summed E-state index contributed by atoms with van der Waals surface area (Å²) in [5.41, 5.74) is 3.13. The second kappa shape index (κ2) is 12.2. The highest BCUT2D eigenvalue weighted by Gasteiger charge is 2.36. The summed E-state index contributed by atoms with van der Waals surface area (Å²) in [7, 11) is 3.14. The number of hydrogen-bond acceptors (Lipinski definition) is 9. The third-order valence-electron chi connectivity index (χ3n) is 7.47. The van der Waals surface area contributed by atoms with Gasteiger partial charge in [0.05, 0.1) is 41.1 Å². The number of H-pyrrole nitrogens is 1. The van der Waals surface area contributed by atoms with Crippen molar-refractivity contribution in [2.75, 3.05) is 27.3 Å². The Morgan fingerprint density at radius 2 is 1.93 bits per heavy atom. The van der Waals surface area contributed by atoms with Gasteiger partial charge in [-0.25, -0.2) is 9.98 Å². The molecule has 1 aliphatic rings. The number of ether oxygens (including phenoxy) is 2. The zero-order valence-corrected chi connectivity index (χ0v) is 26.5. The maximum absolute atomic E-state index is 14.1. The lowest BCUT2D eigenvalue weighted by Gasteiger charge is -2.30. The van der Waals surface area contributed by atoms with Crippen LogP contribution in [0.15, 0.2) is 90.3 Å². The summed E-state index contributed by atoms with van der Waals surface area (Å²) in [6.07, 6.45) is 1.71. The highest BCUT2D eigenvalue weighted by Crippen LogP contribution is 2.38. The molecule has 6 rings (SSSR count). The van der Waals surface area contributed by atoms with E-state index in [2.05, 4.69) is 9.97 Å². The van der Waals surface area contributed by atoms with Crippen LogP contribution in [-0.2, 0) is 4.79 Å². The molecule has 1 aliphatic heterocycles. The fourth-order valence-electron chi connectivity index (χ4n) is 5.29. The smallest absolute Gasteiger partial charge is 0.271 e. The number of para-hydroxylation sites is 2. The number of thiazole rings is 1. The second-order valence-electron chi connectivity index (χ2n) is 9.99. The number of methoxy groups -OCH3 is 2. The molecule has 12 heteroatoms. The van der Waals surface area contributed by atoms with Gasteiger partial charge in [-0.05, 0) is 75.0 Å². The number of carbonyl (C=O) groups excluding carboxylic acids is 1. The standard InChI is InChI=1S/C32H31N5O5S2/c1-6-36(7-2)30(39)27-18(3)33-32-37(28(27)21-16-19(40-4)12-14-24(21)41-5)29(38)25(43-32)17-20-13-15-26(42-20)44-31-34-22-10-8-9-11-23(22)35-31/h8-17,28H,6-7H2,1-5H3,(H,34,35)/b25-17+/t28-/m0/s1. The number of fused-ring (bicyclic) bond motifs is 2. The SMILES string of the molecule is CCN(CC)C(=O)C1=C(C)N=c2s/c(=C/c3ccc(Sc4nc5ccccc5[nH]4)o3)c(=O)n2[C@H]1c1cc(OC)ccc1OC. The van der Waals surface area contributed by atoms with Gasteiger partial charge in [0, 0.05) is 24.7 Å². The summed E-state index contributed by atoms with van der Waals surface area (Å²) in [5.74, 6) is 1.44. The summed E-state index contributed by atoms with van der Waals surface area (Å²) < 4.78 is 19.3. The van der Waals surface area contributed by atoms with Crippen molar-refractivity contribution >= 4 is 46.1 Å². The molecule has 5 aromatic rings. The van der Waals surface area contributed by atoms with Gasteiger partial charge in [-0.1, -0.05) is 23.5 Å². The molecular weight excluding hydrogens is 599 g/mol. The number of furan rings is 1. The minimum absolute atomic E-state index is 0.182. The van der Waals surface area contributed by atoms with E-state index >= 15 is 0 Å². The molecule has 226 valence electrons. The number of likely N-dealkylation sites (N-methyl/N-ethyl adjacent to an activating group) is 1. The summed E-state index contributed by atoms with van der Waals surface area (Å²) in [6, 6.07) is 16.1. The van der Waals surface area contributed by atoms with Crippen molar-refractivity contribution in [2.45, 2.75) is 37.1 Å². The fraction of sp³-hybridized carbons (Fsp3) is 0.250. The Bertz CT molecular complexity index is 2050. The van der Waals surface area contributed by atoms with E-state index in [1.165, 1.54) is 23.1 Å². The Morgan fingerprint density at radius 3 is 2.66 bits per heavy atom. The summed E-state index contributed by atoms with van der Waals surface area (Å²) >= 11 is 2.61. The van der Waals surface area contributed by atoms with Crippen LogP contribution >= 0.6 is 23.1 Å². The largest absolute Gasteiger partial charge is 0.497 e. The van der Waals surface area contributed by atoms with E-state index in [1.807, 2.05) is 63.2 Å². The van der Waals surface area contributed by atoms with Gasteiger partial charge < -0.3 is 23.8 Å². The van der Waals surface area contributed by atoms with Gasteiger partial charge in [-0.3, -0.25) is 14.2 Å². The third-order valence-corrected chi connectivity index (χ3v) is 9.26. The Kier molecular flexibility index (Phi) is 8.19. The van der Waals surface area contributed by atoms with E-state index < -0.39 is 6.04 Å². The van der Waals surface area contributed by atoms with Gasteiger partial charge in [0.15, 0.2) is 15.1 Å². The lowest BCUT2D eigenvalue weighted by Crippen LogP contribution is -2.43. The quantitative estimate of drug-likeness (QED) is 0.251. The first-order chi connectivity index (χ1) is 21.3. The van der Waals surface area contributed by atoms with E-state index in [0.717, 1.165) is 11.0 Å². The van der Waals surface area contributed by atoms with E-state index in [0.29, 0.717) is 66.8 Å². The number of carbonyl (C=O) groups is 1. The maximum Gasteiger partial charge on any atom is 0.271 e. The number of aromatic amines is 1. The van der Waals surface area contributed by atoms with Crippen molar-refractivity contribution in [1.29, 1.82) is 0 Å². The van der Waals surface area contributed by atoms with Crippen molar-refractivity contribution in [3.8, 4) is 11.5 Å². The first kappa shape index (κ1) is 29.5. The number of nitrogens with one attached hydrogen (secondary N) is 1. The van der Waals surface area contributed by atoms with Crippen LogP contribution in [0.5, 0.6) is 11.5 Å². The van der Waals surface area contributed by atoms with Crippen LogP contribution in [0, 0.1) is 0 Å². The Hall–Kier alpha value is -4.55. The predicted octanol–water partition coefficient (Wildman–Crippen LogP) is 4.74. The van der Waals surface area contributed by atoms with Crippen LogP contribution < -0.4 is 24.4 Å². The zero-order chi connectivity index (χ0) is 31.0. The van der Waals surface area contributed by atoms with E-state index in [1.54, 1.807) is 41.9 Å². The summed E-state index contributed by atoms with van der Waals surface area (Å²) in [5, 5.41) is 1.34. The van der Waals surface area contributed by atoms with Crippen LogP contribution in [0.3, 0.4) is 0 Å². The van der Waals surface area contributed by atoms with Crippen molar-refractivity contribution in [2.24, 2.45) is 4.99 Å². The van der Waals surface area contributed by atoms with Crippen molar-refractivity contribution < 1.29 is 18.7 Å². The van der Waals surface area contributed by atoms with Crippen LogP contribution in [0.1, 0.15) is 38.1 Å². The van der Waals surface area contributed by atoms with Crippen LogP contribution in [0.25, 0.3) is 17.1 Å². The molecular formula is C32H31N5O5S2. The minimum atomic E-state index is -0.776. The molecule has 1 amide bonds. The van der Waals surface area contributed by atoms with Gasteiger partial charge in [-0.15, -0.1) is 0 Å². The number of hydrogen-bond donors (Lipinski definition) is 1. The molecule has 0 radical (unpaired) electrons. The first-order valence-corrected chi connectivity index (χ1v) is 15.7. The molecule has 0 bridgehead atoms. The monoisotopic (exact) mass is 629 g/mol. The number of nitrogens with zero attached hydrogens (tertiary/aromatic N) is 4. The van der Waals surface area contributed by atoms with Crippen LogP contribution in [0.4, 0.5) is 0 Å². The first-order valence-electron chi connectivity index (χ1n) is 14.1. The van der Waals surface area contributed by atoms with Crippen molar-refractivity contribution in [1.82, 2.24) is 19.4 Å². The van der Waals surface area contributed by atoms with E-state index in [4.69, 9.17) is 18.9 Å². The van der Waals surface area contributed by atoms with Gasteiger partial charge in [-0.2, -0.15) is 0 Å². The molecule has 0 spiro atoms. The number of allylic oxidation sites excluding steroid dienone is 1. The Morgan fingerprint density at radius 1 is 1.14 bits per heavy atom. The highest BCUT2D eigenvalue weighted by atomic mass is 32.2. The van der Waals surface area contributed by atoms with Gasteiger partial charge in [0.25, 0.3) is 11.5 Å². The second-order valence-corrected chi connectivity index (χ2v) is 12.0.